The van der Waals surface area contributed by atoms with Crippen molar-refractivity contribution in [3.05, 3.63) is 11.9 Å². The molecule has 18 heavy (non-hydrogen) atoms. The van der Waals surface area contributed by atoms with Crippen LogP contribution in [0.3, 0.4) is 0 Å². The molecule has 0 spiro atoms. The Morgan fingerprint density at radius 1 is 1.22 bits per heavy atom. The Labute approximate surface area is 109 Å². The molecule has 98 valence electrons. The van der Waals surface area contributed by atoms with Crippen molar-refractivity contribution in [2.45, 2.75) is 57.7 Å². The predicted octanol–water partition coefficient (Wildman–Crippen LogP) is 1.60. The van der Waals surface area contributed by atoms with Gasteiger partial charge in [0.05, 0.1) is 16.9 Å². The van der Waals surface area contributed by atoms with Gasteiger partial charge < -0.3 is 9.31 Å². The largest absolute Gasteiger partial charge is 0.498 e. The monoisotopic (exact) mass is 248 g/mol. The van der Waals surface area contributed by atoms with Gasteiger partial charge in [-0.15, -0.1) is 0 Å². The van der Waals surface area contributed by atoms with Crippen molar-refractivity contribution < 1.29 is 9.31 Å². The predicted molar refractivity (Wildman–Crippen MR) is 70.9 cm³/mol. The molecular formula is C13H21BN2O2. The number of aryl methyl sites for hydroxylation is 1. The van der Waals surface area contributed by atoms with E-state index in [0.717, 1.165) is 11.2 Å². The normalized spacial score (nSPS) is 25.7. The van der Waals surface area contributed by atoms with Crippen LogP contribution in [0.15, 0.2) is 6.20 Å². The molecule has 5 heteroatoms. The highest BCUT2D eigenvalue weighted by molar-refractivity contribution is 6.62. The molecule has 1 saturated heterocycles. The Kier molecular flexibility index (Phi) is 2.45. The number of rotatable bonds is 2. The average Bonchev–Trinajstić information content (AvgIpc) is 2.95. The third-order valence-corrected chi connectivity index (χ3v) is 4.36. The van der Waals surface area contributed by atoms with E-state index in [4.69, 9.17) is 9.31 Å². The van der Waals surface area contributed by atoms with Gasteiger partial charge in [0.1, 0.15) is 0 Å². The highest BCUT2D eigenvalue weighted by atomic mass is 16.7. The average molecular weight is 248 g/mol. The van der Waals surface area contributed by atoms with Gasteiger partial charge in [-0.3, -0.25) is 4.68 Å². The highest BCUT2D eigenvalue weighted by Gasteiger charge is 2.53. The third-order valence-electron chi connectivity index (χ3n) is 4.36. The van der Waals surface area contributed by atoms with Crippen LogP contribution in [0.25, 0.3) is 0 Å². The zero-order chi connectivity index (χ0) is 13.1. The van der Waals surface area contributed by atoms with Gasteiger partial charge in [0.15, 0.2) is 0 Å². The molecule has 4 nitrogen and oxygen atoms in total. The first kappa shape index (κ1) is 12.2. The summed E-state index contributed by atoms with van der Waals surface area (Å²) in [6.45, 7) is 8.33. The lowest BCUT2D eigenvalue weighted by Crippen LogP contribution is -2.41. The molecule has 0 aromatic carbocycles. The van der Waals surface area contributed by atoms with Crippen LogP contribution in [-0.4, -0.2) is 28.1 Å². The third kappa shape index (κ3) is 1.80. The molecule has 1 aliphatic carbocycles. The maximum absolute atomic E-state index is 6.11. The molecule has 1 saturated carbocycles. The molecular weight excluding hydrogens is 227 g/mol. The molecule has 0 atom stereocenters. The van der Waals surface area contributed by atoms with Gasteiger partial charge in [0, 0.05) is 24.6 Å². The van der Waals surface area contributed by atoms with Gasteiger partial charge in [-0.05, 0) is 40.5 Å². The molecule has 0 unspecified atom stereocenters. The minimum absolute atomic E-state index is 0.278. The van der Waals surface area contributed by atoms with Crippen LogP contribution >= 0.6 is 0 Å². The van der Waals surface area contributed by atoms with Crippen LogP contribution in [0.2, 0.25) is 0 Å². The van der Waals surface area contributed by atoms with Crippen molar-refractivity contribution in [2.75, 3.05) is 0 Å². The van der Waals surface area contributed by atoms with E-state index in [1.807, 2.05) is 17.9 Å². The molecule has 1 aromatic rings. The van der Waals surface area contributed by atoms with Crippen LogP contribution in [0.5, 0.6) is 0 Å². The van der Waals surface area contributed by atoms with Gasteiger partial charge >= 0.3 is 7.12 Å². The Bertz CT molecular complexity index is 461. The summed E-state index contributed by atoms with van der Waals surface area (Å²) >= 11 is 0. The number of nitrogens with zero attached hydrogens (tertiary/aromatic N) is 2. The summed E-state index contributed by atoms with van der Waals surface area (Å²) in [4.78, 5) is 0. The molecule has 2 fully saturated rings. The van der Waals surface area contributed by atoms with Crippen LogP contribution in [-0.2, 0) is 16.4 Å². The van der Waals surface area contributed by atoms with Crippen LogP contribution in [0, 0.1) is 0 Å². The second-order valence-corrected chi connectivity index (χ2v) is 6.51. The van der Waals surface area contributed by atoms with Gasteiger partial charge in [-0.1, -0.05) is 0 Å². The van der Waals surface area contributed by atoms with Gasteiger partial charge in [-0.25, -0.2) is 0 Å². The summed E-state index contributed by atoms with van der Waals surface area (Å²) in [6.07, 6.45) is 4.52. The van der Waals surface area contributed by atoms with Gasteiger partial charge in [0.25, 0.3) is 0 Å². The van der Waals surface area contributed by atoms with Gasteiger partial charge in [0.2, 0.25) is 0 Å². The first-order valence-electron chi connectivity index (χ1n) is 6.69. The first-order chi connectivity index (χ1) is 8.30. The SMILES string of the molecule is Cn1cc(B2OC(C)(C)C(C)(C)O2)c(C2CC2)n1. The first-order valence-corrected chi connectivity index (χ1v) is 6.69. The second-order valence-electron chi connectivity index (χ2n) is 6.51. The number of hydrogen-bond donors (Lipinski definition) is 0. The second kappa shape index (κ2) is 3.61. The van der Waals surface area contributed by atoms with Crippen molar-refractivity contribution >= 4 is 12.6 Å². The smallest absolute Gasteiger partial charge is 0.399 e. The molecule has 1 aromatic heterocycles. The molecule has 3 rings (SSSR count). The van der Waals surface area contributed by atoms with E-state index in [1.165, 1.54) is 12.8 Å². The molecule has 2 aliphatic rings. The molecule has 1 aliphatic heterocycles. The van der Waals surface area contributed by atoms with Crippen molar-refractivity contribution in [3.63, 3.8) is 0 Å². The highest BCUT2D eigenvalue weighted by Crippen LogP contribution is 2.41. The Morgan fingerprint density at radius 2 is 1.78 bits per heavy atom. The summed E-state index contributed by atoms with van der Waals surface area (Å²) in [5.74, 6) is 0.611. The lowest BCUT2D eigenvalue weighted by atomic mass is 9.78. The van der Waals surface area contributed by atoms with E-state index in [1.54, 1.807) is 0 Å². The Balaban J connectivity index is 1.93. The minimum atomic E-state index is -0.283. The fraction of sp³-hybridized carbons (Fsp3) is 0.769. The van der Waals surface area contributed by atoms with E-state index >= 15 is 0 Å². The van der Waals surface area contributed by atoms with E-state index < -0.39 is 0 Å². The van der Waals surface area contributed by atoms with Gasteiger partial charge in [-0.2, -0.15) is 5.10 Å². The van der Waals surface area contributed by atoms with Crippen molar-refractivity contribution in [1.82, 2.24) is 9.78 Å². The number of aromatic nitrogens is 2. The zero-order valence-electron chi connectivity index (χ0n) is 11.9. The molecule has 0 amide bonds. The summed E-state index contributed by atoms with van der Waals surface area (Å²) in [5.41, 5.74) is 1.71. The van der Waals surface area contributed by atoms with E-state index in [9.17, 15) is 0 Å². The summed E-state index contributed by atoms with van der Waals surface area (Å²) in [5, 5.41) is 4.57. The standard InChI is InChI=1S/C13H21BN2O2/c1-12(2)13(3,4)18-14(17-12)10-8-16(5)15-11(10)9-6-7-9/h8-9H,6-7H2,1-5H3. The van der Waals surface area contributed by atoms with E-state index in [0.29, 0.717) is 5.92 Å². The van der Waals surface area contributed by atoms with Crippen LogP contribution in [0.1, 0.15) is 52.1 Å². The molecule has 2 heterocycles. The maximum atomic E-state index is 6.11. The molecule has 0 radical (unpaired) electrons. The van der Waals surface area contributed by atoms with E-state index in [2.05, 4.69) is 32.8 Å². The number of hydrogen-bond acceptors (Lipinski definition) is 3. The Hall–Kier alpha value is -0.805. The van der Waals surface area contributed by atoms with Crippen molar-refractivity contribution in [3.8, 4) is 0 Å². The summed E-state index contributed by atoms with van der Waals surface area (Å²) < 4.78 is 14.1. The topological polar surface area (TPSA) is 36.3 Å². The van der Waals surface area contributed by atoms with E-state index in [-0.39, 0.29) is 18.3 Å². The summed E-state index contributed by atoms with van der Waals surface area (Å²) in [6, 6.07) is 0. The van der Waals surface area contributed by atoms with Crippen LogP contribution < -0.4 is 5.46 Å². The fourth-order valence-corrected chi connectivity index (χ4v) is 2.35. The summed E-state index contributed by atoms with van der Waals surface area (Å²) in [7, 11) is 1.68. The minimum Gasteiger partial charge on any atom is -0.399 e. The van der Waals surface area contributed by atoms with Crippen LogP contribution in [0.4, 0.5) is 0 Å². The quantitative estimate of drug-likeness (QED) is 0.746. The van der Waals surface area contributed by atoms with Crippen molar-refractivity contribution in [2.24, 2.45) is 7.05 Å². The van der Waals surface area contributed by atoms with Crippen molar-refractivity contribution in [1.29, 1.82) is 0 Å². The maximum Gasteiger partial charge on any atom is 0.498 e. The fourth-order valence-electron chi connectivity index (χ4n) is 2.35. The zero-order valence-corrected chi connectivity index (χ0v) is 11.9. The lowest BCUT2D eigenvalue weighted by Gasteiger charge is -2.32. The Morgan fingerprint density at radius 3 is 2.28 bits per heavy atom. The lowest BCUT2D eigenvalue weighted by molar-refractivity contribution is 0.00578. The molecule has 0 bridgehead atoms. The molecule has 0 N–H and O–H groups in total.